The van der Waals surface area contributed by atoms with E-state index in [0.29, 0.717) is 12.5 Å². The van der Waals surface area contributed by atoms with Gasteiger partial charge in [-0.2, -0.15) is 0 Å². The first kappa shape index (κ1) is 15.0. The van der Waals surface area contributed by atoms with Crippen LogP contribution < -0.4 is 0 Å². The first-order valence-corrected chi connectivity index (χ1v) is 7.58. The molecule has 2 atom stereocenters. The molecular weight excluding hydrogens is 250 g/mol. The van der Waals surface area contributed by atoms with Crippen LogP contribution >= 0.6 is 0 Å². The van der Waals surface area contributed by atoms with Gasteiger partial charge in [-0.1, -0.05) is 44.2 Å². The van der Waals surface area contributed by atoms with Crippen LogP contribution in [0.1, 0.15) is 32.3 Å². The Morgan fingerprint density at radius 3 is 2.65 bits per heavy atom. The number of likely N-dealkylation sites (tertiary alicyclic amines) is 1. The van der Waals surface area contributed by atoms with Gasteiger partial charge in [0.05, 0.1) is 6.10 Å². The number of aliphatic hydroxyl groups is 1. The lowest BCUT2D eigenvalue weighted by Gasteiger charge is -2.34. The molecule has 2 unspecified atom stereocenters. The van der Waals surface area contributed by atoms with Crippen LogP contribution in [-0.2, 0) is 11.2 Å². The molecule has 3 nitrogen and oxygen atoms in total. The summed E-state index contributed by atoms with van der Waals surface area (Å²) in [4.78, 5) is 14.6. The molecule has 1 saturated heterocycles. The van der Waals surface area contributed by atoms with Crippen LogP contribution in [0.3, 0.4) is 0 Å². The van der Waals surface area contributed by atoms with E-state index in [1.54, 1.807) is 0 Å². The molecule has 0 radical (unpaired) electrons. The molecule has 0 spiro atoms. The van der Waals surface area contributed by atoms with Crippen molar-refractivity contribution in [2.45, 2.75) is 39.2 Å². The molecule has 2 rings (SSSR count). The van der Waals surface area contributed by atoms with Gasteiger partial charge in [0.2, 0.25) is 5.91 Å². The van der Waals surface area contributed by atoms with Crippen molar-refractivity contribution in [1.82, 2.24) is 4.90 Å². The molecule has 1 N–H and O–H groups in total. The standard InChI is InChI=1S/C17H25NO2/c1-13(2)16(11-14-7-4-3-5-8-14)17(20)18-10-6-9-15(19)12-18/h3-5,7-8,13,15-16,19H,6,9-12H2,1-2H3. The number of carbonyl (C=O) groups is 1. The molecule has 1 aromatic rings. The van der Waals surface area contributed by atoms with Crippen molar-refractivity contribution >= 4 is 5.91 Å². The lowest BCUT2D eigenvalue weighted by molar-refractivity contribution is -0.140. The summed E-state index contributed by atoms with van der Waals surface area (Å²) >= 11 is 0. The second-order valence-corrected chi connectivity index (χ2v) is 6.12. The third kappa shape index (κ3) is 3.83. The molecule has 110 valence electrons. The normalized spacial score (nSPS) is 21.0. The second-order valence-electron chi connectivity index (χ2n) is 6.12. The van der Waals surface area contributed by atoms with Gasteiger partial charge in [0.15, 0.2) is 0 Å². The molecule has 1 aliphatic heterocycles. The molecule has 1 aromatic carbocycles. The summed E-state index contributed by atoms with van der Waals surface area (Å²) < 4.78 is 0. The van der Waals surface area contributed by atoms with Crippen molar-refractivity contribution < 1.29 is 9.90 Å². The molecule has 1 amide bonds. The number of benzene rings is 1. The van der Waals surface area contributed by atoms with Gasteiger partial charge in [0.25, 0.3) is 0 Å². The molecule has 0 aromatic heterocycles. The summed E-state index contributed by atoms with van der Waals surface area (Å²) in [6, 6.07) is 10.2. The van der Waals surface area contributed by atoms with E-state index in [4.69, 9.17) is 0 Å². The van der Waals surface area contributed by atoms with Crippen LogP contribution in [0.4, 0.5) is 0 Å². The van der Waals surface area contributed by atoms with Crippen molar-refractivity contribution in [1.29, 1.82) is 0 Å². The van der Waals surface area contributed by atoms with E-state index in [0.717, 1.165) is 25.8 Å². The van der Waals surface area contributed by atoms with Crippen LogP contribution in [0.2, 0.25) is 0 Å². The maximum Gasteiger partial charge on any atom is 0.226 e. The SMILES string of the molecule is CC(C)C(Cc1ccccc1)C(=O)N1CCCC(O)C1. The summed E-state index contributed by atoms with van der Waals surface area (Å²) in [6.45, 7) is 5.49. The molecule has 1 fully saturated rings. The van der Waals surface area contributed by atoms with Crippen molar-refractivity contribution in [3.8, 4) is 0 Å². The Bertz CT molecular complexity index is 430. The third-order valence-electron chi connectivity index (χ3n) is 4.13. The fourth-order valence-corrected chi connectivity index (χ4v) is 2.87. The highest BCUT2D eigenvalue weighted by atomic mass is 16.3. The lowest BCUT2D eigenvalue weighted by atomic mass is 9.87. The van der Waals surface area contributed by atoms with Crippen LogP contribution in [0.5, 0.6) is 0 Å². The van der Waals surface area contributed by atoms with Gasteiger partial charge in [0, 0.05) is 19.0 Å². The van der Waals surface area contributed by atoms with E-state index in [-0.39, 0.29) is 17.9 Å². The molecule has 0 bridgehead atoms. The average Bonchev–Trinajstić information content (AvgIpc) is 2.45. The molecule has 1 heterocycles. The zero-order chi connectivity index (χ0) is 14.5. The molecular formula is C17H25NO2. The van der Waals surface area contributed by atoms with Crippen LogP contribution in [-0.4, -0.2) is 35.1 Å². The van der Waals surface area contributed by atoms with E-state index in [9.17, 15) is 9.90 Å². The maximum atomic E-state index is 12.7. The van der Waals surface area contributed by atoms with Gasteiger partial charge in [-0.05, 0) is 30.7 Å². The number of amides is 1. The van der Waals surface area contributed by atoms with Gasteiger partial charge in [-0.3, -0.25) is 4.79 Å². The number of carbonyl (C=O) groups excluding carboxylic acids is 1. The summed E-state index contributed by atoms with van der Waals surface area (Å²) in [6.07, 6.45) is 2.15. The minimum absolute atomic E-state index is 0.00250. The first-order valence-electron chi connectivity index (χ1n) is 7.58. The van der Waals surface area contributed by atoms with Crippen molar-refractivity contribution in [3.63, 3.8) is 0 Å². The Hall–Kier alpha value is -1.35. The number of nitrogens with zero attached hydrogens (tertiary/aromatic N) is 1. The van der Waals surface area contributed by atoms with E-state index in [1.165, 1.54) is 5.56 Å². The van der Waals surface area contributed by atoms with Gasteiger partial charge < -0.3 is 10.0 Å². The number of hydrogen-bond donors (Lipinski definition) is 1. The predicted octanol–water partition coefficient (Wildman–Crippen LogP) is 2.48. The van der Waals surface area contributed by atoms with Gasteiger partial charge in [0.1, 0.15) is 0 Å². The lowest BCUT2D eigenvalue weighted by Crippen LogP contribution is -2.46. The predicted molar refractivity (Wildman–Crippen MR) is 80.3 cm³/mol. The molecule has 0 saturated carbocycles. The van der Waals surface area contributed by atoms with Gasteiger partial charge in [-0.15, -0.1) is 0 Å². The van der Waals surface area contributed by atoms with E-state index in [2.05, 4.69) is 26.0 Å². The summed E-state index contributed by atoms with van der Waals surface area (Å²) in [5, 5.41) is 9.74. The van der Waals surface area contributed by atoms with E-state index in [1.807, 2.05) is 23.1 Å². The number of aliphatic hydroxyl groups excluding tert-OH is 1. The number of piperidine rings is 1. The van der Waals surface area contributed by atoms with E-state index >= 15 is 0 Å². The number of hydrogen-bond acceptors (Lipinski definition) is 2. The van der Waals surface area contributed by atoms with Crippen LogP contribution in [0.25, 0.3) is 0 Å². The van der Waals surface area contributed by atoms with Crippen LogP contribution in [0.15, 0.2) is 30.3 Å². The highest BCUT2D eigenvalue weighted by Crippen LogP contribution is 2.22. The minimum Gasteiger partial charge on any atom is -0.391 e. The highest BCUT2D eigenvalue weighted by Gasteiger charge is 2.30. The quantitative estimate of drug-likeness (QED) is 0.917. The smallest absolute Gasteiger partial charge is 0.226 e. The Morgan fingerprint density at radius 1 is 1.35 bits per heavy atom. The maximum absolute atomic E-state index is 12.7. The molecule has 0 aliphatic carbocycles. The molecule has 3 heteroatoms. The summed E-state index contributed by atoms with van der Waals surface area (Å²) in [5.74, 6) is 0.507. The fourth-order valence-electron chi connectivity index (χ4n) is 2.87. The third-order valence-corrected chi connectivity index (χ3v) is 4.13. The second kappa shape index (κ2) is 6.89. The summed E-state index contributed by atoms with van der Waals surface area (Å²) in [5.41, 5.74) is 1.21. The van der Waals surface area contributed by atoms with Crippen molar-refractivity contribution in [2.24, 2.45) is 11.8 Å². The Morgan fingerprint density at radius 2 is 2.05 bits per heavy atom. The number of rotatable bonds is 4. The Balaban J connectivity index is 2.06. The first-order chi connectivity index (χ1) is 9.58. The monoisotopic (exact) mass is 275 g/mol. The average molecular weight is 275 g/mol. The zero-order valence-corrected chi connectivity index (χ0v) is 12.5. The van der Waals surface area contributed by atoms with E-state index < -0.39 is 0 Å². The Labute approximate surface area is 121 Å². The Kier molecular flexibility index (Phi) is 5.18. The topological polar surface area (TPSA) is 40.5 Å². The van der Waals surface area contributed by atoms with Gasteiger partial charge in [-0.25, -0.2) is 0 Å². The minimum atomic E-state index is -0.350. The van der Waals surface area contributed by atoms with Crippen LogP contribution in [0, 0.1) is 11.8 Å². The number of β-amino-alcohol motifs (C(OH)–C–C–N with tert-alkyl or cyclic N) is 1. The summed E-state index contributed by atoms with van der Waals surface area (Å²) in [7, 11) is 0. The van der Waals surface area contributed by atoms with Gasteiger partial charge >= 0.3 is 0 Å². The fraction of sp³-hybridized carbons (Fsp3) is 0.588. The largest absolute Gasteiger partial charge is 0.391 e. The van der Waals surface area contributed by atoms with Crippen molar-refractivity contribution in [3.05, 3.63) is 35.9 Å². The molecule has 20 heavy (non-hydrogen) atoms. The highest BCUT2D eigenvalue weighted by molar-refractivity contribution is 5.79. The zero-order valence-electron chi connectivity index (χ0n) is 12.5. The van der Waals surface area contributed by atoms with Crippen molar-refractivity contribution in [2.75, 3.05) is 13.1 Å². The molecule has 1 aliphatic rings.